The summed E-state index contributed by atoms with van der Waals surface area (Å²) < 4.78 is 6.25. The first kappa shape index (κ1) is 16.3. The molecule has 1 N–H and O–H groups in total. The first-order valence-electron chi connectivity index (χ1n) is 7.06. The number of rotatable bonds is 6. The van der Waals surface area contributed by atoms with Crippen LogP contribution in [0.5, 0.6) is 5.75 Å². The Morgan fingerprint density at radius 3 is 2.68 bits per heavy atom. The second-order valence-corrected chi connectivity index (χ2v) is 6.00. The molecule has 1 aromatic carbocycles. The van der Waals surface area contributed by atoms with Crippen molar-refractivity contribution in [2.45, 2.75) is 20.3 Å². The number of thiophene rings is 1. The van der Waals surface area contributed by atoms with Crippen molar-refractivity contribution in [3.05, 3.63) is 28.6 Å². The number of carbonyl (C=O) groups excluding carboxylic acids is 1. The molecule has 6 heteroatoms. The van der Waals surface area contributed by atoms with E-state index in [4.69, 9.17) is 9.84 Å². The zero-order valence-electron chi connectivity index (χ0n) is 12.9. The zero-order chi connectivity index (χ0) is 16.3. The van der Waals surface area contributed by atoms with Gasteiger partial charge in [-0.2, -0.15) is 0 Å². The van der Waals surface area contributed by atoms with Gasteiger partial charge in [0.2, 0.25) is 0 Å². The Labute approximate surface area is 133 Å². The molecule has 22 heavy (non-hydrogen) atoms. The second-order valence-electron chi connectivity index (χ2n) is 4.95. The number of carbonyl (C=O) groups is 2. The maximum Gasteiger partial charge on any atom is 0.305 e. The topological polar surface area (TPSA) is 66.8 Å². The smallest absolute Gasteiger partial charge is 0.305 e. The molecule has 0 aliphatic heterocycles. The van der Waals surface area contributed by atoms with Gasteiger partial charge in [-0.15, -0.1) is 11.3 Å². The van der Waals surface area contributed by atoms with Crippen molar-refractivity contribution in [2.24, 2.45) is 0 Å². The minimum Gasteiger partial charge on any atom is -0.497 e. The van der Waals surface area contributed by atoms with Crippen LogP contribution in [0.2, 0.25) is 0 Å². The molecule has 5 nitrogen and oxygen atoms in total. The van der Waals surface area contributed by atoms with Crippen LogP contribution in [0.4, 0.5) is 0 Å². The van der Waals surface area contributed by atoms with Gasteiger partial charge in [0.25, 0.3) is 5.91 Å². The fourth-order valence-electron chi connectivity index (χ4n) is 2.31. The molecule has 0 fully saturated rings. The number of methoxy groups -OCH3 is 1. The fraction of sp³-hybridized carbons (Fsp3) is 0.375. The Kier molecular flexibility index (Phi) is 5.03. The minimum atomic E-state index is -0.899. The summed E-state index contributed by atoms with van der Waals surface area (Å²) in [5, 5.41) is 9.79. The maximum atomic E-state index is 12.6. The second kappa shape index (κ2) is 6.79. The molecule has 118 valence electrons. The van der Waals surface area contributed by atoms with E-state index in [9.17, 15) is 9.59 Å². The van der Waals surface area contributed by atoms with Crippen LogP contribution in [0.1, 0.15) is 28.6 Å². The summed E-state index contributed by atoms with van der Waals surface area (Å²) >= 11 is 1.43. The molecule has 1 amide bonds. The number of ether oxygens (including phenoxy) is 1. The van der Waals surface area contributed by atoms with Gasteiger partial charge in [-0.3, -0.25) is 9.59 Å². The highest BCUT2D eigenvalue weighted by atomic mass is 32.1. The van der Waals surface area contributed by atoms with Crippen LogP contribution in [0.25, 0.3) is 10.1 Å². The average molecular weight is 321 g/mol. The normalized spacial score (nSPS) is 10.7. The fourth-order valence-corrected chi connectivity index (χ4v) is 3.47. The molecule has 0 unspecified atom stereocenters. The number of carboxylic acids is 1. The maximum absolute atomic E-state index is 12.6. The van der Waals surface area contributed by atoms with Crippen LogP contribution >= 0.6 is 11.3 Å². The number of aryl methyl sites for hydroxylation is 1. The van der Waals surface area contributed by atoms with Gasteiger partial charge in [0.1, 0.15) is 5.75 Å². The number of benzene rings is 1. The van der Waals surface area contributed by atoms with E-state index in [1.54, 1.807) is 12.0 Å². The lowest BCUT2D eigenvalue weighted by Gasteiger charge is -2.19. The molecule has 2 rings (SSSR count). The largest absolute Gasteiger partial charge is 0.497 e. The summed E-state index contributed by atoms with van der Waals surface area (Å²) in [5.74, 6) is -0.254. The van der Waals surface area contributed by atoms with Crippen molar-refractivity contribution in [3.8, 4) is 5.75 Å². The summed E-state index contributed by atoms with van der Waals surface area (Å²) in [5.41, 5.74) is 0.915. The molecule has 0 atom stereocenters. The number of nitrogens with zero attached hydrogens (tertiary/aromatic N) is 1. The standard InChI is InChI=1S/C16H19NO4S/c1-4-17(8-7-14(18)19)16(20)15-10(2)12-9-11(21-3)5-6-13(12)22-15/h5-6,9H,4,7-8H2,1-3H3,(H,18,19). The number of hydrogen-bond donors (Lipinski definition) is 1. The van der Waals surface area contributed by atoms with Crippen LogP contribution in [-0.2, 0) is 4.79 Å². The molecule has 0 radical (unpaired) electrons. The third-order valence-electron chi connectivity index (χ3n) is 3.60. The molecule has 0 aliphatic rings. The van der Waals surface area contributed by atoms with Crippen molar-refractivity contribution in [1.29, 1.82) is 0 Å². The first-order chi connectivity index (χ1) is 10.5. The van der Waals surface area contributed by atoms with E-state index in [0.717, 1.165) is 21.4 Å². The van der Waals surface area contributed by atoms with Gasteiger partial charge < -0.3 is 14.7 Å². The Bertz CT molecular complexity index is 707. The summed E-state index contributed by atoms with van der Waals surface area (Å²) in [7, 11) is 1.61. The monoisotopic (exact) mass is 321 g/mol. The third-order valence-corrected chi connectivity index (χ3v) is 4.86. The van der Waals surface area contributed by atoms with E-state index in [2.05, 4.69) is 0 Å². The van der Waals surface area contributed by atoms with Crippen molar-refractivity contribution in [2.75, 3.05) is 20.2 Å². The summed E-state index contributed by atoms with van der Waals surface area (Å²) in [6, 6.07) is 5.73. The zero-order valence-corrected chi connectivity index (χ0v) is 13.7. The van der Waals surface area contributed by atoms with Crippen molar-refractivity contribution in [1.82, 2.24) is 4.90 Å². The number of fused-ring (bicyclic) bond motifs is 1. The molecule has 1 aromatic heterocycles. The summed E-state index contributed by atoms with van der Waals surface area (Å²) in [6.45, 7) is 4.48. The molecular formula is C16H19NO4S. The van der Waals surface area contributed by atoms with Gasteiger partial charge in [0.05, 0.1) is 18.4 Å². The van der Waals surface area contributed by atoms with Crippen molar-refractivity contribution < 1.29 is 19.4 Å². The molecule has 2 aromatic rings. The van der Waals surface area contributed by atoms with E-state index < -0.39 is 5.97 Å². The average Bonchev–Trinajstić information content (AvgIpc) is 2.84. The van der Waals surface area contributed by atoms with Crippen LogP contribution < -0.4 is 4.74 Å². The lowest BCUT2D eigenvalue weighted by atomic mass is 10.1. The first-order valence-corrected chi connectivity index (χ1v) is 7.87. The highest BCUT2D eigenvalue weighted by molar-refractivity contribution is 7.21. The van der Waals surface area contributed by atoms with E-state index >= 15 is 0 Å². The van der Waals surface area contributed by atoms with Gasteiger partial charge in [-0.1, -0.05) is 0 Å². The molecule has 0 saturated carbocycles. The van der Waals surface area contributed by atoms with Crippen LogP contribution in [0, 0.1) is 6.92 Å². The quantitative estimate of drug-likeness (QED) is 0.887. The molecule has 0 aliphatic carbocycles. The predicted molar refractivity (Wildman–Crippen MR) is 86.9 cm³/mol. The number of amides is 1. The number of carboxylic acid groups (broad SMARTS) is 1. The predicted octanol–water partition coefficient (Wildman–Crippen LogP) is 3.16. The molecule has 0 spiro atoms. The molecule has 0 saturated heterocycles. The van der Waals surface area contributed by atoms with Crippen molar-refractivity contribution >= 4 is 33.3 Å². The lowest BCUT2D eigenvalue weighted by molar-refractivity contribution is -0.137. The van der Waals surface area contributed by atoms with Crippen LogP contribution in [0.3, 0.4) is 0 Å². The van der Waals surface area contributed by atoms with E-state index in [1.165, 1.54) is 11.3 Å². The van der Waals surface area contributed by atoms with Gasteiger partial charge in [0.15, 0.2) is 0 Å². The lowest BCUT2D eigenvalue weighted by Crippen LogP contribution is -2.32. The Morgan fingerprint density at radius 1 is 1.36 bits per heavy atom. The van der Waals surface area contributed by atoms with Gasteiger partial charge in [-0.05, 0) is 43.0 Å². The van der Waals surface area contributed by atoms with Gasteiger partial charge in [0, 0.05) is 17.8 Å². The molecule has 1 heterocycles. The number of hydrogen-bond acceptors (Lipinski definition) is 4. The highest BCUT2D eigenvalue weighted by Crippen LogP contribution is 2.34. The van der Waals surface area contributed by atoms with Gasteiger partial charge in [-0.25, -0.2) is 0 Å². The van der Waals surface area contributed by atoms with E-state index in [-0.39, 0.29) is 18.9 Å². The Balaban J connectivity index is 2.34. The molecular weight excluding hydrogens is 302 g/mol. The Hall–Kier alpha value is -2.08. The van der Waals surface area contributed by atoms with E-state index in [0.29, 0.717) is 11.4 Å². The Morgan fingerprint density at radius 2 is 2.09 bits per heavy atom. The van der Waals surface area contributed by atoms with Gasteiger partial charge >= 0.3 is 5.97 Å². The van der Waals surface area contributed by atoms with E-state index in [1.807, 2.05) is 32.0 Å². The van der Waals surface area contributed by atoms with Crippen LogP contribution in [0.15, 0.2) is 18.2 Å². The summed E-state index contributed by atoms with van der Waals surface area (Å²) in [4.78, 5) is 25.6. The SMILES string of the molecule is CCN(CCC(=O)O)C(=O)c1sc2ccc(OC)cc2c1C. The summed E-state index contributed by atoms with van der Waals surface area (Å²) in [6.07, 6.45) is -0.0443. The van der Waals surface area contributed by atoms with Crippen LogP contribution in [-0.4, -0.2) is 42.1 Å². The molecule has 0 bridgehead atoms. The van der Waals surface area contributed by atoms with Crippen molar-refractivity contribution in [3.63, 3.8) is 0 Å². The third kappa shape index (κ3) is 3.22. The highest BCUT2D eigenvalue weighted by Gasteiger charge is 2.21. The minimum absolute atomic E-state index is 0.0443. The number of aliphatic carboxylic acids is 1.